The number of rotatable bonds is 4. The average Bonchev–Trinajstić information content (AvgIpc) is 2.88. The first kappa shape index (κ1) is 14.5. The van der Waals surface area contributed by atoms with Gasteiger partial charge in [-0.2, -0.15) is 0 Å². The van der Waals surface area contributed by atoms with E-state index in [-0.39, 0.29) is 6.10 Å². The minimum absolute atomic E-state index is 0.119. The number of ether oxygens (including phenoxy) is 2. The molecule has 2 aromatic rings. The normalized spacial score (nSPS) is 16.2. The molecule has 0 fully saturated rings. The molecule has 0 saturated heterocycles. The van der Waals surface area contributed by atoms with Crippen LogP contribution in [0.25, 0.3) is 0 Å². The first-order valence-electron chi connectivity index (χ1n) is 6.68. The fraction of sp³-hybridized carbons (Fsp3) is 0.250. The third-order valence-corrected chi connectivity index (χ3v) is 4.34. The summed E-state index contributed by atoms with van der Waals surface area (Å²) < 4.78 is 12.1. The van der Waals surface area contributed by atoms with Crippen molar-refractivity contribution in [3.63, 3.8) is 0 Å². The first-order valence-corrected chi connectivity index (χ1v) is 7.85. The van der Waals surface area contributed by atoms with Gasteiger partial charge in [0.1, 0.15) is 17.6 Å². The van der Waals surface area contributed by atoms with E-state index in [9.17, 15) is 0 Å². The smallest absolute Gasteiger partial charge is 0.135 e. The Bertz CT molecular complexity index is 663. The fourth-order valence-electron chi connectivity index (χ4n) is 2.40. The predicted molar refractivity (Wildman–Crippen MR) is 88.8 cm³/mol. The zero-order valence-corrected chi connectivity index (χ0v) is 13.9. The number of hydrogen-bond donors (Lipinski definition) is 1. The molecule has 0 radical (unpaired) electrons. The lowest BCUT2D eigenvalue weighted by Crippen LogP contribution is -2.23. The van der Waals surface area contributed by atoms with Gasteiger partial charge in [-0.05, 0) is 51.8 Å². The third kappa shape index (κ3) is 3.27. The van der Waals surface area contributed by atoms with Crippen LogP contribution < -0.4 is 14.8 Å². The zero-order valence-electron chi connectivity index (χ0n) is 11.5. The average molecular weight is 369 g/mol. The van der Waals surface area contributed by atoms with Gasteiger partial charge in [0.05, 0.1) is 18.1 Å². The van der Waals surface area contributed by atoms with E-state index < -0.39 is 0 Å². The molecule has 5 heteroatoms. The molecule has 0 aromatic heterocycles. The molecule has 0 aliphatic carbocycles. The molecule has 21 heavy (non-hydrogen) atoms. The molecule has 1 aliphatic rings. The summed E-state index contributed by atoms with van der Waals surface area (Å²) in [6, 6.07) is 11.7. The van der Waals surface area contributed by atoms with Gasteiger partial charge in [0, 0.05) is 23.2 Å². The Hall–Kier alpha value is -1.39. The molecule has 0 spiro atoms. The van der Waals surface area contributed by atoms with Gasteiger partial charge in [-0.25, -0.2) is 0 Å². The Balaban J connectivity index is 1.62. The van der Waals surface area contributed by atoms with Crippen molar-refractivity contribution in [1.82, 2.24) is 0 Å². The molecule has 0 bridgehead atoms. The maximum atomic E-state index is 6.00. The second-order valence-corrected chi connectivity index (χ2v) is 6.22. The fourth-order valence-corrected chi connectivity index (χ4v) is 3.01. The van der Waals surface area contributed by atoms with Crippen molar-refractivity contribution < 1.29 is 9.47 Å². The van der Waals surface area contributed by atoms with Gasteiger partial charge in [-0.3, -0.25) is 0 Å². The van der Waals surface area contributed by atoms with Crippen LogP contribution in [0.1, 0.15) is 5.56 Å². The monoisotopic (exact) mass is 367 g/mol. The molecular weight excluding hydrogens is 354 g/mol. The molecule has 3 rings (SSSR count). The van der Waals surface area contributed by atoms with Crippen molar-refractivity contribution >= 4 is 33.2 Å². The maximum absolute atomic E-state index is 6.00. The first-order chi connectivity index (χ1) is 10.2. The van der Waals surface area contributed by atoms with Crippen molar-refractivity contribution in [2.75, 3.05) is 19.0 Å². The minimum Gasteiger partial charge on any atom is -0.495 e. The molecule has 1 heterocycles. The van der Waals surface area contributed by atoms with Gasteiger partial charge in [-0.15, -0.1) is 0 Å². The topological polar surface area (TPSA) is 30.5 Å². The summed E-state index contributed by atoms with van der Waals surface area (Å²) in [6.07, 6.45) is 0.990. The molecule has 0 amide bonds. The van der Waals surface area contributed by atoms with Crippen LogP contribution in [-0.2, 0) is 6.42 Å². The lowest BCUT2D eigenvalue weighted by molar-refractivity contribution is 0.246. The summed E-state index contributed by atoms with van der Waals surface area (Å²) >= 11 is 9.45. The van der Waals surface area contributed by atoms with Crippen LogP contribution in [0.5, 0.6) is 11.5 Å². The summed E-state index contributed by atoms with van der Waals surface area (Å²) in [5, 5.41) is 4.13. The molecule has 2 aromatic carbocycles. The second kappa shape index (κ2) is 6.16. The van der Waals surface area contributed by atoms with Gasteiger partial charge >= 0.3 is 0 Å². The molecule has 3 nitrogen and oxygen atoms in total. The molecule has 0 saturated carbocycles. The molecule has 110 valence electrons. The third-order valence-electron chi connectivity index (χ3n) is 3.45. The molecule has 1 atom stereocenters. The van der Waals surface area contributed by atoms with Crippen LogP contribution in [0, 0.1) is 0 Å². The Kier molecular flexibility index (Phi) is 4.27. The van der Waals surface area contributed by atoms with Crippen molar-refractivity contribution in [3.8, 4) is 11.5 Å². The van der Waals surface area contributed by atoms with Crippen LogP contribution in [0.3, 0.4) is 0 Å². The van der Waals surface area contributed by atoms with E-state index in [1.165, 1.54) is 5.56 Å². The second-order valence-electron chi connectivity index (χ2n) is 4.93. The number of fused-ring (bicyclic) bond motifs is 1. The standard InChI is InChI=1S/C16H15BrClNO2/c1-20-16-8-12(3-4-14(16)17)19-9-13-7-10-6-11(18)2-5-15(10)21-13/h2-6,8,13,19H,7,9H2,1H3. The van der Waals surface area contributed by atoms with Crippen LogP contribution in [0.4, 0.5) is 5.69 Å². The highest BCUT2D eigenvalue weighted by atomic mass is 79.9. The summed E-state index contributed by atoms with van der Waals surface area (Å²) in [5.74, 6) is 1.74. The molecule has 1 N–H and O–H groups in total. The Morgan fingerprint density at radius 3 is 3.00 bits per heavy atom. The van der Waals surface area contributed by atoms with E-state index in [0.717, 1.165) is 39.6 Å². The van der Waals surface area contributed by atoms with Gasteiger partial charge in [0.15, 0.2) is 0 Å². The minimum atomic E-state index is 0.119. The summed E-state index contributed by atoms with van der Waals surface area (Å²) in [6.45, 7) is 0.733. The predicted octanol–water partition coefficient (Wildman–Crippen LogP) is 4.53. The molecule has 1 unspecified atom stereocenters. The van der Waals surface area contributed by atoms with Crippen LogP contribution >= 0.6 is 27.5 Å². The SMILES string of the molecule is COc1cc(NCC2Cc3cc(Cl)ccc3O2)ccc1Br. The van der Waals surface area contributed by atoms with Crippen molar-refractivity contribution in [1.29, 1.82) is 0 Å². The number of hydrogen-bond acceptors (Lipinski definition) is 3. The number of methoxy groups -OCH3 is 1. The summed E-state index contributed by atoms with van der Waals surface area (Å²) in [5.41, 5.74) is 2.18. The quantitative estimate of drug-likeness (QED) is 0.860. The van der Waals surface area contributed by atoms with E-state index in [2.05, 4.69) is 21.2 Å². The maximum Gasteiger partial charge on any atom is 0.135 e. The lowest BCUT2D eigenvalue weighted by Gasteiger charge is -2.14. The van der Waals surface area contributed by atoms with E-state index in [1.54, 1.807) is 7.11 Å². The highest BCUT2D eigenvalue weighted by molar-refractivity contribution is 9.10. The number of nitrogens with one attached hydrogen (secondary N) is 1. The van der Waals surface area contributed by atoms with Crippen LogP contribution in [0.2, 0.25) is 5.02 Å². The molecule has 1 aliphatic heterocycles. The summed E-state index contributed by atoms with van der Waals surface area (Å²) in [4.78, 5) is 0. The number of benzene rings is 2. The zero-order chi connectivity index (χ0) is 14.8. The van der Waals surface area contributed by atoms with E-state index in [0.29, 0.717) is 0 Å². The van der Waals surface area contributed by atoms with E-state index >= 15 is 0 Å². The molecular formula is C16H15BrClNO2. The van der Waals surface area contributed by atoms with Gasteiger partial charge in [0.2, 0.25) is 0 Å². The van der Waals surface area contributed by atoms with Gasteiger partial charge in [0.25, 0.3) is 0 Å². The lowest BCUT2D eigenvalue weighted by atomic mass is 10.1. The van der Waals surface area contributed by atoms with Crippen molar-refractivity contribution in [2.45, 2.75) is 12.5 Å². The van der Waals surface area contributed by atoms with Crippen molar-refractivity contribution in [3.05, 3.63) is 51.5 Å². The summed E-state index contributed by atoms with van der Waals surface area (Å²) in [7, 11) is 1.66. The number of anilines is 1. The Morgan fingerprint density at radius 1 is 1.33 bits per heavy atom. The van der Waals surface area contributed by atoms with E-state index in [4.69, 9.17) is 21.1 Å². The van der Waals surface area contributed by atoms with Crippen LogP contribution in [0.15, 0.2) is 40.9 Å². The number of halogens is 2. The highest BCUT2D eigenvalue weighted by Crippen LogP contribution is 2.32. The van der Waals surface area contributed by atoms with E-state index in [1.807, 2.05) is 36.4 Å². The van der Waals surface area contributed by atoms with Crippen LogP contribution in [-0.4, -0.2) is 19.8 Å². The van der Waals surface area contributed by atoms with Gasteiger partial charge in [-0.1, -0.05) is 11.6 Å². The highest BCUT2D eigenvalue weighted by Gasteiger charge is 2.22. The largest absolute Gasteiger partial charge is 0.495 e. The van der Waals surface area contributed by atoms with Gasteiger partial charge < -0.3 is 14.8 Å². The Labute approximate surface area is 137 Å². The Morgan fingerprint density at radius 2 is 2.19 bits per heavy atom. The van der Waals surface area contributed by atoms with Crippen molar-refractivity contribution in [2.24, 2.45) is 0 Å².